The third-order valence-corrected chi connectivity index (χ3v) is 4.27. The summed E-state index contributed by atoms with van der Waals surface area (Å²) in [7, 11) is 1.40. The van der Waals surface area contributed by atoms with Gasteiger partial charge in [-0.1, -0.05) is 49.7 Å². The van der Waals surface area contributed by atoms with Crippen LogP contribution in [-0.4, -0.2) is 17.7 Å². The predicted molar refractivity (Wildman–Crippen MR) is 85.1 cm³/mol. The Hall–Kier alpha value is -1.66. The number of carbonyl (C=O) groups excluding carboxylic acids is 1. The molecular weight excluding hydrogens is 286 g/mol. The second-order valence-corrected chi connectivity index (χ2v) is 5.80. The zero-order chi connectivity index (χ0) is 15.1. The molecule has 6 heteroatoms. The number of hydrogen-bond acceptors (Lipinski definition) is 3. The fourth-order valence-corrected chi connectivity index (χ4v) is 3.27. The number of unbranched alkanes of at least 4 members (excludes halogenated alkanes) is 3. The zero-order valence-electron chi connectivity index (χ0n) is 12.5. The van der Waals surface area contributed by atoms with Crippen molar-refractivity contribution in [2.24, 2.45) is 4.99 Å². The van der Waals surface area contributed by atoms with Crippen molar-refractivity contribution in [3.05, 3.63) is 29.1 Å². The van der Waals surface area contributed by atoms with E-state index in [0.717, 1.165) is 23.2 Å². The maximum Gasteiger partial charge on any atom is 0.367 e. The third kappa shape index (κ3) is 4.15. The normalized spacial score (nSPS) is 12.0. The van der Waals surface area contributed by atoms with Crippen molar-refractivity contribution in [2.45, 2.75) is 39.2 Å². The molecule has 0 aliphatic heterocycles. The monoisotopic (exact) mass is 307 g/mol. The number of benzene rings is 1. The topological polar surface area (TPSA) is 55.6 Å². The van der Waals surface area contributed by atoms with Crippen molar-refractivity contribution in [3.8, 4) is 0 Å². The summed E-state index contributed by atoms with van der Waals surface area (Å²) >= 11 is 1.52. The average Bonchev–Trinajstić information content (AvgIpc) is 2.81. The van der Waals surface area contributed by atoms with Gasteiger partial charge in [0, 0.05) is 6.54 Å². The lowest BCUT2D eigenvalue weighted by Gasteiger charge is -2.05. The van der Waals surface area contributed by atoms with Crippen LogP contribution >= 0.6 is 11.3 Å². The number of nitrogens with one attached hydrogen (secondary N) is 1. The molecule has 5 nitrogen and oxygen atoms in total. The quantitative estimate of drug-likeness (QED) is 0.656. The van der Waals surface area contributed by atoms with E-state index in [0.29, 0.717) is 4.80 Å². The van der Waals surface area contributed by atoms with E-state index in [4.69, 9.17) is 0 Å². The van der Waals surface area contributed by atoms with Crippen LogP contribution in [0.25, 0.3) is 10.2 Å². The molecule has 0 spiro atoms. The molecule has 1 heterocycles. The lowest BCUT2D eigenvalue weighted by Crippen LogP contribution is -2.23. The highest BCUT2D eigenvalue weighted by Crippen LogP contribution is 2.17. The van der Waals surface area contributed by atoms with Crippen LogP contribution in [0.5, 0.6) is 0 Å². The first-order valence-electron chi connectivity index (χ1n) is 7.22. The second-order valence-electron chi connectivity index (χ2n) is 4.79. The standard InChI is InChI=1S/C15H21N3O2S/c1-3-4-5-8-11-18-12-9-6-7-10-13(12)21-15(18)16-14(19)17-20-2/h6-7,9-10H,3-5,8,11H2,1-2H3,(H,17,19). The predicted octanol–water partition coefficient (Wildman–Crippen LogP) is 3.45. The Morgan fingerprint density at radius 2 is 2.14 bits per heavy atom. The number of aryl methyl sites for hydroxylation is 1. The highest BCUT2D eigenvalue weighted by molar-refractivity contribution is 7.16. The molecular formula is C15H21N3O2S. The van der Waals surface area contributed by atoms with Gasteiger partial charge in [0.2, 0.25) is 0 Å². The van der Waals surface area contributed by atoms with Crippen molar-refractivity contribution in [3.63, 3.8) is 0 Å². The molecule has 2 amide bonds. The molecule has 0 fully saturated rings. The zero-order valence-corrected chi connectivity index (χ0v) is 13.3. The largest absolute Gasteiger partial charge is 0.367 e. The molecule has 1 N–H and O–H groups in total. The molecule has 1 aromatic heterocycles. The molecule has 0 atom stereocenters. The van der Waals surface area contributed by atoms with E-state index in [1.807, 2.05) is 12.1 Å². The van der Waals surface area contributed by atoms with E-state index in [1.54, 1.807) is 0 Å². The molecule has 0 radical (unpaired) electrons. The summed E-state index contributed by atoms with van der Waals surface area (Å²) < 4.78 is 3.25. The Balaban J connectivity index is 2.32. The fourth-order valence-electron chi connectivity index (χ4n) is 2.22. The van der Waals surface area contributed by atoms with E-state index < -0.39 is 6.03 Å². The van der Waals surface area contributed by atoms with Gasteiger partial charge in [-0.25, -0.2) is 10.3 Å². The van der Waals surface area contributed by atoms with E-state index in [-0.39, 0.29) is 0 Å². The lowest BCUT2D eigenvalue weighted by molar-refractivity contribution is 0.112. The number of nitrogens with zero attached hydrogens (tertiary/aromatic N) is 2. The van der Waals surface area contributed by atoms with Gasteiger partial charge in [0.05, 0.1) is 17.3 Å². The molecule has 21 heavy (non-hydrogen) atoms. The number of urea groups is 1. The van der Waals surface area contributed by atoms with Crippen LogP contribution in [0.4, 0.5) is 4.79 Å². The summed E-state index contributed by atoms with van der Waals surface area (Å²) in [5, 5.41) is 0. The third-order valence-electron chi connectivity index (χ3n) is 3.21. The molecule has 2 rings (SSSR count). The SMILES string of the molecule is CCCCCCn1c(=NC(=O)NOC)sc2ccccc21. The molecule has 0 bridgehead atoms. The van der Waals surface area contributed by atoms with Crippen LogP contribution < -0.4 is 10.3 Å². The van der Waals surface area contributed by atoms with Gasteiger partial charge in [-0.2, -0.15) is 4.99 Å². The summed E-state index contributed by atoms with van der Waals surface area (Å²) in [6.45, 7) is 3.08. The van der Waals surface area contributed by atoms with E-state index in [1.165, 1.54) is 37.7 Å². The van der Waals surface area contributed by atoms with Crippen LogP contribution in [-0.2, 0) is 11.4 Å². The Morgan fingerprint density at radius 1 is 1.33 bits per heavy atom. The molecule has 1 aromatic carbocycles. The first-order valence-corrected chi connectivity index (χ1v) is 8.04. The van der Waals surface area contributed by atoms with Gasteiger partial charge in [-0.05, 0) is 18.6 Å². The number of thiazole rings is 1. The summed E-state index contributed by atoms with van der Waals surface area (Å²) in [6.07, 6.45) is 4.73. The number of fused-ring (bicyclic) bond motifs is 1. The molecule has 0 aliphatic carbocycles. The van der Waals surface area contributed by atoms with Gasteiger partial charge in [-0.3, -0.25) is 4.84 Å². The Bertz CT molecular complexity index is 660. The van der Waals surface area contributed by atoms with Crippen LogP contribution in [0.1, 0.15) is 32.6 Å². The van der Waals surface area contributed by atoms with Crippen molar-refractivity contribution >= 4 is 27.6 Å². The summed E-state index contributed by atoms with van der Waals surface area (Å²) in [5.41, 5.74) is 3.36. The highest BCUT2D eigenvalue weighted by atomic mass is 32.1. The van der Waals surface area contributed by atoms with Gasteiger partial charge in [-0.15, -0.1) is 0 Å². The minimum atomic E-state index is -0.480. The Labute approximate surface area is 128 Å². The average molecular weight is 307 g/mol. The highest BCUT2D eigenvalue weighted by Gasteiger charge is 2.07. The Kier molecular flexibility index (Phi) is 5.95. The lowest BCUT2D eigenvalue weighted by atomic mass is 10.2. The van der Waals surface area contributed by atoms with Crippen LogP contribution in [0.3, 0.4) is 0 Å². The molecule has 0 saturated heterocycles. The number of aromatic nitrogens is 1. The van der Waals surface area contributed by atoms with E-state index >= 15 is 0 Å². The fraction of sp³-hybridized carbons (Fsp3) is 0.467. The molecule has 0 aliphatic rings. The molecule has 0 unspecified atom stereocenters. The number of para-hydroxylation sites is 1. The first-order chi connectivity index (χ1) is 10.3. The van der Waals surface area contributed by atoms with Gasteiger partial charge in [0.1, 0.15) is 0 Å². The van der Waals surface area contributed by atoms with E-state index in [9.17, 15) is 4.79 Å². The number of hydrogen-bond donors (Lipinski definition) is 1. The van der Waals surface area contributed by atoms with Gasteiger partial charge >= 0.3 is 6.03 Å². The van der Waals surface area contributed by atoms with Crippen molar-refractivity contribution in [2.75, 3.05) is 7.11 Å². The number of carbonyl (C=O) groups is 1. The van der Waals surface area contributed by atoms with Crippen molar-refractivity contribution < 1.29 is 9.63 Å². The summed E-state index contributed by atoms with van der Waals surface area (Å²) in [5.74, 6) is 0. The molecule has 0 saturated carbocycles. The van der Waals surface area contributed by atoms with Crippen molar-refractivity contribution in [1.82, 2.24) is 10.0 Å². The van der Waals surface area contributed by atoms with Crippen molar-refractivity contribution in [1.29, 1.82) is 0 Å². The van der Waals surface area contributed by atoms with Gasteiger partial charge in [0.15, 0.2) is 4.80 Å². The Morgan fingerprint density at radius 3 is 2.90 bits per heavy atom. The summed E-state index contributed by atoms with van der Waals surface area (Å²) in [6, 6.07) is 7.65. The smallest absolute Gasteiger partial charge is 0.316 e. The van der Waals surface area contributed by atoms with Crippen LogP contribution in [0.2, 0.25) is 0 Å². The maximum absolute atomic E-state index is 11.6. The van der Waals surface area contributed by atoms with Gasteiger partial charge in [0.25, 0.3) is 0 Å². The van der Waals surface area contributed by atoms with Crippen LogP contribution in [0.15, 0.2) is 29.3 Å². The van der Waals surface area contributed by atoms with Gasteiger partial charge < -0.3 is 4.57 Å². The minimum absolute atomic E-state index is 0.480. The second kappa shape index (κ2) is 7.95. The minimum Gasteiger partial charge on any atom is -0.316 e. The number of amides is 2. The summed E-state index contributed by atoms with van der Waals surface area (Å²) in [4.78, 5) is 21.0. The van der Waals surface area contributed by atoms with Crippen LogP contribution in [0, 0.1) is 0 Å². The maximum atomic E-state index is 11.6. The number of rotatable bonds is 6. The van der Waals surface area contributed by atoms with E-state index in [2.05, 4.69) is 38.9 Å². The molecule has 2 aromatic rings. The first kappa shape index (κ1) is 15.7. The molecule has 114 valence electrons. The number of hydroxylamine groups is 1.